The second-order valence-corrected chi connectivity index (χ2v) is 4.49. The highest BCUT2D eigenvalue weighted by Gasteiger charge is 2.22. The van der Waals surface area contributed by atoms with Crippen LogP contribution in [0.15, 0.2) is 36.5 Å². The molecule has 6 nitrogen and oxygen atoms in total. The summed E-state index contributed by atoms with van der Waals surface area (Å²) >= 11 is 0. The van der Waals surface area contributed by atoms with Gasteiger partial charge in [-0.05, 0) is 12.5 Å². The van der Waals surface area contributed by atoms with Gasteiger partial charge in [0, 0.05) is 18.8 Å². The minimum absolute atomic E-state index is 0.370. The van der Waals surface area contributed by atoms with Crippen LogP contribution in [0.1, 0.15) is 17.2 Å². The van der Waals surface area contributed by atoms with Gasteiger partial charge < -0.3 is 15.4 Å². The van der Waals surface area contributed by atoms with Gasteiger partial charge in [-0.15, -0.1) is 0 Å². The maximum absolute atomic E-state index is 12.0. The molecule has 1 unspecified atom stereocenters. The minimum Gasteiger partial charge on any atom is -0.467 e. The van der Waals surface area contributed by atoms with Crippen LogP contribution in [0.4, 0.5) is 11.8 Å². The number of anilines is 2. The van der Waals surface area contributed by atoms with Gasteiger partial charge in [0.25, 0.3) is 0 Å². The third-order valence-electron chi connectivity index (χ3n) is 3.05. The summed E-state index contributed by atoms with van der Waals surface area (Å²) in [5.41, 5.74) is 1.66. The average molecular weight is 286 g/mol. The second kappa shape index (κ2) is 6.69. The topological polar surface area (TPSA) is 76.1 Å². The number of carbonyl (C=O) groups excluding carboxylic acids is 1. The Balaban J connectivity index is 2.34. The van der Waals surface area contributed by atoms with Crippen LogP contribution < -0.4 is 10.6 Å². The van der Waals surface area contributed by atoms with Crippen molar-refractivity contribution >= 4 is 17.7 Å². The van der Waals surface area contributed by atoms with Crippen molar-refractivity contribution in [3.05, 3.63) is 47.7 Å². The van der Waals surface area contributed by atoms with Gasteiger partial charge in [0.1, 0.15) is 5.82 Å². The highest BCUT2D eigenvalue weighted by atomic mass is 16.5. The van der Waals surface area contributed by atoms with E-state index in [1.165, 1.54) is 7.11 Å². The predicted molar refractivity (Wildman–Crippen MR) is 81.1 cm³/mol. The molecule has 0 radical (unpaired) electrons. The summed E-state index contributed by atoms with van der Waals surface area (Å²) in [6.07, 6.45) is 1.69. The smallest absolute Gasteiger partial charge is 0.333 e. The monoisotopic (exact) mass is 286 g/mol. The molecule has 2 N–H and O–H groups in total. The van der Waals surface area contributed by atoms with E-state index in [-0.39, 0.29) is 5.97 Å². The van der Waals surface area contributed by atoms with Crippen LogP contribution in [0.5, 0.6) is 0 Å². The fourth-order valence-electron chi connectivity index (χ4n) is 1.89. The molecule has 0 bridgehead atoms. The van der Waals surface area contributed by atoms with Crippen molar-refractivity contribution in [1.82, 2.24) is 9.97 Å². The van der Waals surface area contributed by atoms with Crippen LogP contribution in [-0.4, -0.2) is 30.1 Å². The van der Waals surface area contributed by atoms with Crippen molar-refractivity contribution in [3.63, 3.8) is 0 Å². The Hall–Kier alpha value is -2.63. The quantitative estimate of drug-likeness (QED) is 0.820. The van der Waals surface area contributed by atoms with E-state index in [4.69, 9.17) is 4.74 Å². The van der Waals surface area contributed by atoms with E-state index in [9.17, 15) is 4.79 Å². The van der Waals surface area contributed by atoms with Gasteiger partial charge >= 0.3 is 5.97 Å². The van der Waals surface area contributed by atoms with E-state index in [1.54, 1.807) is 13.2 Å². The zero-order valence-corrected chi connectivity index (χ0v) is 12.3. The predicted octanol–water partition coefficient (Wildman–Crippen LogP) is 2.15. The molecular formula is C15H18N4O2. The SMILES string of the molecule is CNc1ncc(C)c(NC(C(=O)OC)c2ccccc2)n1. The van der Waals surface area contributed by atoms with Crippen LogP contribution >= 0.6 is 0 Å². The molecule has 21 heavy (non-hydrogen) atoms. The Morgan fingerprint density at radius 2 is 2.00 bits per heavy atom. The van der Waals surface area contributed by atoms with Gasteiger partial charge in [0.05, 0.1) is 7.11 Å². The van der Waals surface area contributed by atoms with Crippen LogP contribution in [0, 0.1) is 6.92 Å². The van der Waals surface area contributed by atoms with Crippen molar-refractivity contribution in [2.45, 2.75) is 13.0 Å². The highest BCUT2D eigenvalue weighted by molar-refractivity contribution is 5.81. The number of aromatic nitrogens is 2. The molecule has 1 atom stereocenters. The lowest BCUT2D eigenvalue weighted by molar-refractivity contribution is -0.141. The number of hydrogen-bond acceptors (Lipinski definition) is 6. The Bertz CT molecular complexity index is 616. The number of esters is 1. The Kier molecular flexibility index (Phi) is 4.71. The minimum atomic E-state index is -0.616. The number of nitrogens with one attached hydrogen (secondary N) is 2. The van der Waals surface area contributed by atoms with Crippen LogP contribution in [0.2, 0.25) is 0 Å². The summed E-state index contributed by atoms with van der Waals surface area (Å²) in [6.45, 7) is 1.88. The lowest BCUT2D eigenvalue weighted by Gasteiger charge is -2.18. The van der Waals surface area contributed by atoms with Crippen molar-refractivity contribution in [2.75, 3.05) is 24.8 Å². The lowest BCUT2D eigenvalue weighted by atomic mass is 10.1. The molecule has 2 rings (SSSR count). The summed E-state index contributed by atoms with van der Waals surface area (Å²) in [5, 5.41) is 6.00. The molecule has 0 fully saturated rings. The number of nitrogens with zero attached hydrogens (tertiary/aromatic N) is 2. The first-order valence-electron chi connectivity index (χ1n) is 6.56. The first kappa shape index (κ1) is 14.8. The van der Waals surface area contributed by atoms with E-state index in [1.807, 2.05) is 37.3 Å². The largest absolute Gasteiger partial charge is 0.467 e. The van der Waals surface area contributed by atoms with Crippen molar-refractivity contribution in [1.29, 1.82) is 0 Å². The molecule has 0 amide bonds. The summed E-state index contributed by atoms with van der Waals surface area (Å²) in [7, 11) is 3.11. The van der Waals surface area contributed by atoms with Crippen LogP contribution in [-0.2, 0) is 9.53 Å². The molecule has 0 spiro atoms. The molecule has 1 heterocycles. The maximum atomic E-state index is 12.0. The first-order chi connectivity index (χ1) is 10.2. The van der Waals surface area contributed by atoms with Crippen molar-refractivity contribution < 1.29 is 9.53 Å². The molecule has 0 saturated heterocycles. The third kappa shape index (κ3) is 3.47. The summed E-state index contributed by atoms with van der Waals surface area (Å²) in [6, 6.07) is 8.76. The van der Waals surface area contributed by atoms with Gasteiger partial charge in [-0.2, -0.15) is 4.98 Å². The zero-order chi connectivity index (χ0) is 15.2. The maximum Gasteiger partial charge on any atom is 0.333 e. The number of ether oxygens (including phenoxy) is 1. The number of methoxy groups -OCH3 is 1. The van der Waals surface area contributed by atoms with Gasteiger partial charge in [0.2, 0.25) is 5.95 Å². The fourth-order valence-corrected chi connectivity index (χ4v) is 1.89. The second-order valence-electron chi connectivity index (χ2n) is 4.49. The molecule has 0 aliphatic carbocycles. The zero-order valence-electron chi connectivity index (χ0n) is 12.3. The number of carbonyl (C=O) groups is 1. The summed E-state index contributed by atoms with van der Waals surface area (Å²) < 4.78 is 4.87. The molecule has 0 aliphatic rings. The van der Waals surface area contributed by atoms with E-state index >= 15 is 0 Å². The summed E-state index contributed by atoms with van der Waals surface area (Å²) in [4.78, 5) is 20.5. The normalized spacial score (nSPS) is 11.6. The van der Waals surface area contributed by atoms with Gasteiger partial charge in [0.15, 0.2) is 6.04 Å². The van der Waals surface area contributed by atoms with Crippen molar-refractivity contribution in [3.8, 4) is 0 Å². The Morgan fingerprint density at radius 1 is 1.29 bits per heavy atom. The third-order valence-corrected chi connectivity index (χ3v) is 3.05. The Labute approximate surface area is 123 Å². The van der Waals surface area contributed by atoms with Crippen molar-refractivity contribution in [2.24, 2.45) is 0 Å². The molecular weight excluding hydrogens is 268 g/mol. The number of hydrogen-bond donors (Lipinski definition) is 2. The average Bonchev–Trinajstić information content (AvgIpc) is 2.54. The molecule has 2 aromatic rings. The van der Waals surface area contributed by atoms with Crippen LogP contribution in [0.25, 0.3) is 0 Å². The van der Waals surface area contributed by atoms with E-state index < -0.39 is 6.04 Å². The Morgan fingerprint density at radius 3 is 2.62 bits per heavy atom. The number of rotatable bonds is 5. The van der Waals surface area contributed by atoms with Gasteiger partial charge in [-0.1, -0.05) is 30.3 Å². The standard InChI is InChI=1S/C15H18N4O2/c1-10-9-17-15(16-2)19-13(10)18-12(14(20)21-3)11-7-5-4-6-8-11/h4-9,12H,1-3H3,(H2,16,17,18,19). The number of aryl methyl sites for hydroxylation is 1. The van der Waals surface area contributed by atoms with Gasteiger partial charge in [-0.25, -0.2) is 9.78 Å². The van der Waals surface area contributed by atoms with Crippen LogP contribution in [0.3, 0.4) is 0 Å². The van der Waals surface area contributed by atoms with E-state index in [0.717, 1.165) is 11.1 Å². The lowest BCUT2D eigenvalue weighted by Crippen LogP contribution is -2.23. The molecule has 0 saturated carbocycles. The molecule has 0 aliphatic heterocycles. The molecule has 6 heteroatoms. The highest BCUT2D eigenvalue weighted by Crippen LogP contribution is 2.22. The summed E-state index contributed by atoms with van der Waals surface area (Å²) in [5.74, 6) is 0.707. The molecule has 1 aromatic heterocycles. The van der Waals surface area contributed by atoms with E-state index in [2.05, 4.69) is 20.6 Å². The fraction of sp³-hybridized carbons (Fsp3) is 0.267. The van der Waals surface area contributed by atoms with Gasteiger partial charge in [-0.3, -0.25) is 0 Å². The molecule has 110 valence electrons. The van der Waals surface area contributed by atoms with E-state index in [0.29, 0.717) is 11.8 Å². The first-order valence-corrected chi connectivity index (χ1v) is 6.56. The number of benzene rings is 1. The molecule has 1 aromatic carbocycles.